The third-order valence-corrected chi connectivity index (χ3v) is 3.77. The number of carbonyl (C=O) groups is 2. The van der Waals surface area contributed by atoms with E-state index in [2.05, 4.69) is 15.6 Å². The molecule has 0 unspecified atom stereocenters. The lowest BCUT2D eigenvalue weighted by Crippen LogP contribution is -2.31. The molecule has 6 nitrogen and oxygen atoms in total. The van der Waals surface area contributed by atoms with Gasteiger partial charge < -0.3 is 15.4 Å². The van der Waals surface area contributed by atoms with Gasteiger partial charge in [-0.1, -0.05) is 17.7 Å². The lowest BCUT2D eigenvalue weighted by atomic mass is 10.2. The Labute approximate surface area is 151 Å². The number of hydrogen-bond donors (Lipinski definition) is 2. The molecule has 0 saturated heterocycles. The second-order valence-corrected chi connectivity index (χ2v) is 6.20. The van der Waals surface area contributed by atoms with Crippen LogP contribution in [0.5, 0.6) is 5.75 Å². The van der Waals surface area contributed by atoms with Crippen LogP contribution in [-0.2, 0) is 0 Å². The van der Waals surface area contributed by atoms with Gasteiger partial charge in [-0.15, -0.1) is 0 Å². The molecule has 0 bridgehead atoms. The Bertz CT molecular complexity index is 806. The largest absolute Gasteiger partial charge is 0.495 e. The highest BCUT2D eigenvalue weighted by atomic mass is 35.5. The quantitative estimate of drug-likeness (QED) is 0.854. The number of methoxy groups -OCH3 is 1. The van der Waals surface area contributed by atoms with E-state index >= 15 is 0 Å². The molecule has 25 heavy (non-hydrogen) atoms. The first kappa shape index (κ1) is 18.7. The van der Waals surface area contributed by atoms with Crippen LogP contribution in [0, 0.1) is 6.92 Å². The van der Waals surface area contributed by atoms with Crippen molar-refractivity contribution in [3.63, 3.8) is 0 Å². The van der Waals surface area contributed by atoms with E-state index in [1.54, 1.807) is 24.3 Å². The number of halogens is 1. The molecule has 7 heteroatoms. The molecule has 0 aliphatic rings. The molecule has 0 aliphatic carbocycles. The Hall–Kier alpha value is -2.60. The van der Waals surface area contributed by atoms with Gasteiger partial charge in [-0.05, 0) is 44.5 Å². The minimum atomic E-state index is -0.445. The molecule has 1 heterocycles. The summed E-state index contributed by atoms with van der Waals surface area (Å²) in [5.41, 5.74) is 1.59. The molecular weight excluding hydrogens is 342 g/mol. The number of benzene rings is 1. The first-order valence-corrected chi connectivity index (χ1v) is 8.13. The molecular formula is C18H20ClN3O3. The number of ether oxygens (including phenoxy) is 1. The molecule has 2 aromatic rings. The maximum atomic E-state index is 12.5. The molecule has 0 aliphatic heterocycles. The highest BCUT2D eigenvalue weighted by molar-refractivity contribution is 6.31. The molecule has 0 fully saturated rings. The summed E-state index contributed by atoms with van der Waals surface area (Å²) < 4.78 is 5.24. The van der Waals surface area contributed by atoms with E-state index in [9.17, 15) is 9.59 Å². The predicted octanol–water partition coefficient (Wildman–Crippen LogP) is 3.44. The van der Waals surface area contributed by atoms with Gasteiger partial charge in [0.05, 0.1) is 12.8 Å². The van der Waals surface area contributed by atoms with Crippen LogP contribution in [0.15, 0.2) is 30.3 Å². The Morgan fingerprint density at radius 2 is 1.80 bits per heavy atom. The average molecular weight is 362 g/mol. The second kappa shape index (κ2) is 7.98. The lowest BCUT2D eigenvalue weighted by molar-refractivity contribution is 0.0938. The Morgan fingerprint density at radius 3 is 2.40 bits per heavy atom. The van der Waals surface area contributed by atoms with Crippen molar-refractivity contribution in [2.45, 2.75) is 26.8 Å². The lowest BCUT2D eigenvalue weighted by Gasteiger charge is -2.12. The van der Waals surface area contributed by atoms with Crippen molar-refractivity contribution < 1.29 is 14.3 Å². The predicted molar refractivity (Wildman–Crippen MR) is 97.5 cm³/mol. The van der Waals surface area contributed by atoms with Crippen molar-refractivity contribution >= 4 is 29.1 Å². The smallest absolute Gasteiger partial charge is 0.274 e. The average Bonchev–Trinajstić information content (AvgIpc) is 2.57. The van der Waals surface area contributed by atoms with Gasteiger partial charge in [0.25, 0.3) is 11.8 Å². The van der Waals surface area contributed by atoms with Gasteiger partial charge in [-0.2, -0.15) is 0 Å². The van der Waals surface area contributed by atoms with Gasteiger partial charge in [0.2, 0.25) is 0 Å². The monoisotopic (exact) mass is 361 g/mol. The highest BCUT2D eigenvalue weighted by Gasteiger charge is 2.15. The summed E-state index contributed by atoms with van der Waals surface area (Å²) in [5.74, 6) is -0.332. The van der Waals surface area contributed by atoms with Crippen LogP contribution in [0.4, 0.5) is 5.69 Å². The number of carbonyl (C=O) groups excluding carboxylic acids is 2. The first-order chi connectivity index (χ1) is 11.8. The van der Waals surface area contributed by atoms with E-state index in [1.165, 1.54) is 13.2 Å². The first-order valence-electron chi connectivity index (χ1n) is 7.75. The fourth-order valence-electron chi connectivity index (χ4n) is 2.14. The van der Waals surface area contributed by atoms with Crippen molar-refractivity contribution in [2.24, 2.45) is 0 Å². The summed E-state index contributed by atoms with van der Waals surface area (Å²) in [7, 11) is 1.49. The minimum Gasteiger partial charge on any atom is -0.495 e. The fourth-order valence-corrected chi connectivity index (χ4v) is 2.29. The van der Waals surface area contributed by atoms with Gasteiger partial charge in [0, 0.05) is 17.1 Å². The van der Waals surface area contributed by atoms with E-state index in [1.807, 2.05) is 20.8 Å². The zero-order chi connectivity index (χ0) is 18.6. The maximum absolute atomic E-state index is 12.5. The zero-order valence-electron chi connectivity index (χ0n) is 14.5. The van der Waals surface area contributed by atoms with E-state index in [0.29, 0.717) is 16.5 Å². The SMILES string of the molecule is COc1cc(Cl)c(C)cc1NC(=O)c1cccc(C(=O)NC(C)C)n1. The molecule has 0 atom stereocenters. The third-order valence-electron chi connectivity index (χ3n) is 3.36. The van der Waals surface area contributed by atoms with Crippen LogP contribution >= 0.6 is 11.6 Å². The maximum Gasteiger partial charge on any atom is 0.274 e. The van der Waals surface area contributed by atoms with Crippen LogP contribution in [-0.4, -0.2) is 29.9 Å². The Balaban J connectivity index is 2.25. The number of aromatic nitrogens is 1. The summed E-state index contributed by atoms with van der Waals surface area (Å²) in [4.78, 5) is 28.6. The van der Waals surface area contributed by atoms with Crippen molar-refractivity contribution in [3.05, 3.63) is 52.3 Å². The molecule has 2 N–H and O–H groups in total. The summed E-state index contributed by atoms with van der Waals surface area (Å²) in [6, 6.07) is 8.04. The molecule has 2 amide bonds. The van der Waals surface area contributed by atoms with Gasteiger partial charge in [0.1, 0.15) is 17.1 Å². The van der Waals surface area contributed by atoms with Crippen LogP contribution < -0.4 is 15.4 Å². The number of pyridine rings is 1. The molecule has 132 valence electrons. The standard InChI is InChI=1S/C18H20ClN3O3/c1-10(2)20-17(23)13-6-5-7-14(21-13)18(24)22-15-8-11(3)12(19)9-16(15)25-4/h5-10H,1-4H3,(H,20,23)(H,22,24). The van der Waals surface area contributed by atoms with E-state index < -0.39 is 5.91 Å². The fraction of sp³-hybridized carbons (Fsp3) is 0.278. The van der Waals surface area contributed by atoms with Gasteiger partial charge in [-0.3, -0.25) is 9.59 Å². The van der Waals surface area contributed by atoms with E-state index in [4.69, 9.17) is 16.3 Å². The zero-order valence-corrected chi connectivity index (χ0v) is 15.3. The molecule has 2 rings (SSSR count). The minimum absolute atomic E-state index is 0.0203. The molecule has 0 spiro atoms. The molecule has 1 aromatic carbocycles. The van der Waals surface area contributed by atoms with Crippen LogP contribution in [0.2, 0.25) is 5.02 Å². The highest BCUT2D eigenvalue weighted by Crippen LogP contribution is 2.31. The van der Waals surface area contributed by atoms with E-state index in [0.717, 1.165) is 5.56 Å². The van der Waals surface area contributed by atoms with Gasteiger partial charge in [-0.25, -0.2) is 4.98 Å². The Kier molecular flexibility index (Phi) is 5.98. The number of nitrogens with zero attached hydrogens (tertiary/aromatic N) is 1. The van der Waals surface area contributed by atoms with Crippen molar-refractivity contribution in [1.82, 2.24) is 10.3 Å². The number of aryl methyl sites for hydroxylation is 1. The summed E-state index contributed by atoms with van der Waals surface area (Å²) in [6.45, 7) is 5.53. The molecule has 0 radical (unpaired) electrons. The Morgan fingerprint density at radius 1 is 1.16 bits per heavy atom. The number of anilines is 1. The third kappa shape index (κ3) is 4.70. The topological polar surface area (TPSA) is 80.3 Å². The number of nitrogens with one attached hydrogen (secondary N) is 2. The van der Waals surface area contributed by atoms with Gasteiger partial charge in [0.15, 0.2) is 0 Å². The van der Waals surface area contributed by atoms with Crippen molar-refractivity contribution in [3.8, 4) is 5.75 Å². The molecule has 1 aromatic heterocycles. The molecule has 0 saturated carbocycles. The van der Waals surface area contributed by atoms with Gasteiger partial charge >= 0.3 is 0 Å². The van der Waals surface area contributed by atoms with Crippen LogP contribution in [0.3, 0.4) is 0 Å². The van der Waals surface area contributed by atoms with E-state index in [-0.39, 0.29) is 23.3 Å². The van der Waals surface area contributed by atoms with Crippen LogP contribution in [0.1, 0.15) is 40.4 Å². The number of rotatable bonds is 5. The van der Waals surface area contributed by atoms with Crippen LogP contribution in [0.25, 0.3) is 0 Å². The normalized spacial score (nSPS) is 10.5. The summed E-state index contributed by atoms with van der Waals surface area (Å²) in [5, 5.41) is 6.02. The van der Waals surface area contributed by atoms with Crippen molar-refractivity contribution in [1.29, 1.82) is 0 Å². The summed E-state index contributed by atoms with van der Waals surface area (Å²) in [6.07, 6.45) is 0. The summed E-state index contributed by atoms with van der Waals surface area (Å²) >= 11 is 6.07. The second-order valence-electron chi connectivity index (χ2n) is 5.79. The number of hydrogen-bond acceptors (Lipinski definition) is 4. The van der Waals surface area contributed by atoms with Crippen molar-refractivity contribution in [2.75, 3.05) is 12.4 Å². The number of amides is 2.